The molecule has 1 rings (SSSR count). The molecule has 0 atom stereocenters. The molecule has 0 radical (unpaired) electrons. The third-order valence-corrected chi connectivity index (χ3v) is 2.75. The second-order valence-corrected chi connectivity index (χ2v) is 3.97. The highest BCUT2D eigenvalue weighted by molar-refractivity contribution is 8.02. The van der Waals surface area contributed by atoms with E-state index in [1.165, 1.54) is 32.1 Å². The van der Waals surface area contributed by atoms with Crippen molar-refractivity contribution in [3.63, 3.8) is 0 Å². The van der Waals surface area contributed by atoms with Crippen LogP contribution >= 0.6 is 11.8 Å². The molecule has 0 unspecified atom stereocenters. The van der Waals surface area contributed by atoms with Crippen LogP contribution in [0.1, 0.15) is 32.1 Å². The van der Waals surface area contributed by atoms with E-state index >= 15 is 0 Å². The monoisotopic (exact) mass is 171 g/mol. The Morgan fingerprint density at radius 1 is 1.36 bits per heavy atom. The van der Waals surface area contributed by atoms with Crippen LogP contribution in [0, 0.1) is 0 Å². The molecule has 0 spiro atoms. The van der Waals surface area contributed by atoms with Crippen molar-refractivity contribution in [3.05, 3.63) is 12.0 Å². The van der Waals surface area contributed by atoms with Gasteiger partial charge in [0.05, 0.1) is 0 Å². The Morgan fingerprint density at radius 2 is 2.09 bits per heavy atom. The minimum atomic E-state index is 0.788. The van der Waals surface area contributed by atoms with Gasteiger partial charge in [0.2, 0.25) is 0 Å². The van der Waals surface area contributed by atoms with Gasteiger partial charge in [-0.05, 0) is 18.2 Å². The lowest BCUT2D eigenvalue weighted by molar-refractivity contribution is 0.391. The largest absolute Gasteiger partial charge is 0.305 e. The normalized spacial score (nSPS) is 20.0. The predicted octanol–water partition coefficient (Wildman–Crippen LogP) is 2.74. The first-order valence-corrected chi connectivity index (χ1v) is 5.44. The second kappa shape index (κ2) is 5.67. The quantitative estimate of drug-likeness (QED) is 0.515. The molecule has 0 amide bonds. The fourth-order valence-corrected chi connectivity index (χ4v) is 1.98. The van der Waals surface area contributed by atoms with Crippen LogP contribution < -0.4 is 5.32 Å². The van der Waals surface area contributed by atoms with E-state index in [-0.39, 0.29) is 0 Å². The number of thioether (sulfide) groups is 1. The van der Waals surface area contributed by atoms with Gasteiger partial charge in [0.1, 0.15) is 0 Å². The zero-order chi connectivity index (χ0) is 7.94. The summed E-state index contributed by atoms with van der Waals surface area (Å²) >= 11 is 1.75. The minimum Gasteiger partial charge on any atom is -0.305 e. The Kier molecular flexibility index (Phi) is 4.71. The molecule has 0 heterocycles. The third kappa shape index (κ3) is 3.82. The van der Waals surface area contributed by atoms with E-state index in [0.717, 1.165) is 11.9 Å². The summed E-state index contributed by atoms with van der Waals surface area (Å²) in [6, 6.07) is 0.788. The van der Waals surface area contributed by atoms with Crippen LogP contribution in [0.5, 0.6) is 0 Å². The highest BCUT2D eigenvalue weighted by Gasteiger charge is 2.11. The third-order valence-electron chi connectivity index (χ3n) is 2.18. The van der Waals surface area contributed by atoms with Gasteiger partial charge in [0, 0.05) is 11.9 Å². The van der Waals surface area contributed by atoms with Crippen LogP contribution in [0.3, 0.4) is 0 Å². The van der Waals surface area contributed by atoms with Crippen molar-refractivity contribution in [2.45, 2.75) is 38.1 Å². The summed E-state index contributed by atoms with van der Waals surface area (Å²) < 4.78 is 0. The summed E-state index contributed by atoms with van der Waals surface area (Å²) in [7, 11) is 0. The molecule has 0 saturated heterocycles. The number of hydrogen-bond donors (Lipinski definition) is 1. The molecular formula is C9H17NS. The molecule has 1 nitrogen and oxygen atoms in total. The number of rotatable bonds is 4. The molecule has 1 aliphatic rings. The molecule has 1 aliphatic carbocycles. The zero-order valence-electron chi connectivity index (χ0n) is 7.01. The van der Waals surface area contributed by atoms with Crippen molar-refractivity contribution in [1.82, 2.24) is 5.32 Å². The molecular weight excluding hydrogens is 154 g/mol. The van der Waals surface area contributed by atoms with E-state index in [4.69, 9.17) is 0 Å². The highest BCUT2D eigenvalue weighted by atomic mass is 32.2. The van der Waals surface area contributed by atoms with Crippen LogP contribution in [-0.2, 0) is 0 Å². The first kappa shape index (κ1) is 9.14. The van der Waals surface area contributed by atoms with E-state index in [1.807, 2.05) is 5.41 Å². The summed E-state index contributed by atoms with van der Waals surface area (Å²) in [5.41, 5.74) is 0. The van der Waals surface area contributed by atoms with E-state index in [2.05, 4.69) is 11.9 Å². The first-order valence-electron chi connectivity index (χ1n) is 4.39. The van der Waals surface area contributed by atoms with Crippen LogP contribution in [0.15, 0.2) is 12.0 Å². The molecule has 64 valence electrons. The standard InChI is InChI=1S/C9H17NS/c1-2-11-8-10-9-6-4-3-5-7-9/h2,9-10H,1,3-8H2. The molecule has 0 aromatic carbocycles. The van der Waals surface area contributed by atoms with E-state index in [1.54, 1.807) is 11.8 Å². The molecule has 1 fully saturated rings. The van der Waals surface area contributed by atoms with E-state index < -0.39 is 0 Å². The molecule has 1 saturated carbocycles. The average Bonchev–Trinajstić information content (AvgIpc) is 2.07. The Hall–Kier alpha value is 0.0500. The molecule has 11 heavy (non-hydrogen) atoms. The summed E-state index contributed by atoms with van der Waals surface area (Å²) in [5.74, 6) is 1.04. The van der Waals surface area contributed by atoms with Crippen molar-refractivity contribution >= 4 is 11.8 Å². The van der Waals surface area contributed by atoms with E-state index in [9.17, 15) is 0 Å². The fraction of sp³-hybridized carbons (Fsp3) is 0.778. The van der Waals surface area contributed by atoms with Crippen LogP contribution in [0.2, 0.25) is 0 Å². The van der Waals surface area contributed by atoms with Gasteiger partial charge in [-0.1, -0.05) is 25.8 Å². The predicted molar refractivity (Wildman–Crippen MR) is 52.7 cm³/mol. The van der Waals surface area contributed by atoms with Crippen molar-refractivity contribution in [1.29, 1.82) is 0 Å². The molecule has 0 aliphatic heterocycles. The van der Waals surface area contributed by atoms with Crippen molar-refractivity contribution in [3.8, 4) is 0 Å². The lowest BCUT2D eigenvalue weighted by Crippen LogP contribution is -2.30. The van der Waals surface area contributed by atoms with Crippen molar-refractivity contribution in [2.75, 3.05) is 5.88 Å². The lowest BCUT2D eigenvalue weighted by Gasteiger charge is -2.22. The summed E-state index contributed by atoms with van der Waals surface area (Å²) in [6.45, 7) is 3.67. The van der Waals surface area contributed by atoms with Gasteiger partial charge >= 0.3 is 0 Å². The lowest BCUT2D eigenvalue weighted by atomic mass is 9.96. The van der Waals surface area contributed by atoms with Gasteiger partial charge in [0.25, 0.3) is 0 Å². The minimum absolute atomic E-state index is 0.788. The topological polar surface area (TPSA) is 12.0 Å². The SMILES string of the molecule is C=CSCNC1CCCCC1. The van der Waals surface area contributed by atoms with Crippen LogP contribution in [-0.4, -0.2) is 11.9 Å². The Balaban J connectivity index is 2.00. The Labute approximate surface area is 73.6 Å². The summed E-state index contributed by atoms with van der Waals surface area (Å²) in [6.07, 6.45) is 7.01. The first-order chi connectivity index (χ1) is 5.43. The van der Waals surface area contributed by atoms with Crippen LogP contribution in [0.25, 0.3) is 0 Å². The van der Waals surface area contributed by atoms with Gasteiger partial charge < -0.3 is 5.32 Å². The molecule has 1 N–H and O–H groups in total. The van der Waals surface area contributed by atoms with Gasteiger partial charge in [-0.15, -0.1) is 11.8 Å². The van der Waals surface area contributed by atoms with Gasteiger partial charge in [0.15, 0.2) is 0 Å². The maximum absolute atomic E-state index is 3.67. The highest BCUT2D eigenvalue weighted by Crippen LogP contribution is 2.17. The summed E-state index contributed by atoms with van der Waals surface area (Å²) in [4.78, 5) is 0. The van der Waals surface area contributed by atoms with Gasteiger partial charge in [-0.3, -0.25) is 0 Å². The Bertz CT molecular complexity index is 108. The van der Waals surface area contributed by atoms with Gasteiger partial charge in [-0.2, -0.15) is 0 Å². The zero-order valence-corrected chi connectivity index (χ0v) is 7.83. The van der Waals surface area contributed by atoms with Crippen LogP contribution in [0.4, 0.5) is 0 Å². The number of nitrogens with one attached hydrogen (secondary N) is 1. The maximum atomic E-state index is 3.67. The van der Waals surface area contributed by atoms with Crippen molar-refractivity contribution < 1.29 is 0 Å². The second-order valence-electron chi connectivity index (χ2n) is 3.02. The fourth-order valence-electron chi connectivity index (χ4n) is 1.53. The van der Waals surface area contributed by atoms with E-state index in [0.29, 0.717) is 0 Å². The maximum Gasteiger partial charge on any atom is 0.0461 e. The molecule has 0 aromatic rings. The molecule has 0 aromatic heterocycles. The number of hydrogen-bond acceptors (Lipinski definition) is 2. The smallest absolute Gasteiger partial charge is 0.0461 e. The Morgan fingerprint density at radius 3 is 2.73 bits per heavy atom. The van der Waals surface area contributed by atoms with Gasteiger partial charge in [-0.25, -0.2) is 0 Å². The average molecular weight is 171 g/mol. The molecule has 0 bridgehead atoms. The summed E-state index contributed by atoms with van der Waals surface area (Å²) in [5, 5.41) is 5.41. The molecule has 2 heteroatoms. The van der Waals surface area contributed by atoms with Crippen molar-refractivity contribution in [2.24, 2.45) is 0 Å².